The van der Waals surface area contributed by atoms with Crippen LogP contribution in [0, 0.1) is 20.8 Å². The maximum absolute atomic E-state index is 13.3. The van der Waals surface area contributed by atoms with Crippen LogP contribution in [-0.4, -0.2) is 32.0 Å². The Hall–Kier alpha value is -1.69. The highest BCUT2D eigenvalue weighted by molar-refractivity contribution is 7.89. The number of sulfonamides is 1. The molecule has 0 radical (unpaired) electrons. The fourth-order valence-corrected chi connectivity index (χ4v) is 5.22. The molecule has 25 heavy (non-hydrogen) atoms. The first-order valence-corrected chi connectivity index (χ1v) is 10.0. The zero-order valence-corrected chi connectivity index (χ0v) is 16.0. The van der Waals surface area contributed by atoms with Crippen molar-refractivity contribution in [3.63, 3.8) is 0 Å². The van der Waals surface area contributed by atoms with E-state index in [4.69, 9.17) is 4.74 Å². The van der Waals surface area contributed by atoms with E-state index in [1.807, 2.05) is 26.8 Å². The molecular formula is C20H25NO3S. The van der Waals surface area contributed by atoms with Gasteiger partial charge in [0, 0.05) is 12.6 Å². The summed E-state index contributed by atoms with van der Waals surface area (Å²) in [6.07, 6.45) is -0.00741. The van der Waals surface area contributed by atoms with Crippen LogP contribution in [0.2, 0.25) is 0 Å². The molecule has 134 valence electrons. The minimum atomic E-state index is -3.59. The molecule has 0 amide bonds. The third-order valence-corrected chi connectivity index (χ3v) is 6.67. The number of hydrogen-bond donors (Lipinski definition) is 0. The summed E-state index contributed by atoms with van der Waals surface area (Å²) in [4.78, 5) is 0.324. The third-order valence-electron chi connectivity index (χ3n) is 4.72. The molecule has 5 heteroatoms. The van der Waals surface area contributed by atoms with Crippen molar-refractivity contribution in [2.45, 2.75) is 44.7 Å². The Morgan fingerprint density at radius 1 is 1.12 bits per heavy atom. The Kier molecular flexibility index (Phi) is 5.00. The van der Waals surface area contributed by atoms with E-state index in [1.54, 1.807) is 28.6 Å². The highest BCUT2D eigenvalue weighted by atomic mass is 32.2. The number of rotatable bonds is 6. The summed E-state index contributed by atoms with van der Waals surface area (Å²) < 4.78 is 33.5. The van der Waals surface area contributed by atoms with Crippen molar-refractivity contribution < 1.29 is 13.2 Å². The summed E-state index contributed by atoms with van der Waals surface area (Å²) in [7, 11) is -3.59. The van der Waals surface area contributed by atoms with Crippen LogP contribution in [-0.2, 0) is 14.8 Å². The van der Waals surface area contributed by atoms with Crippen LogP contribution in [0.4, 0.5) is 0 Å². The summed E-state index contributed by atoms with van der Waals surface area (Å²) in [5, 5.41) is 0. The van der Waals surface area contributed by atoms with E-state index in [1.165, 1.54) is 5.56 Å². The molecule has 0 saturated carbocycles. The lowest BCUT2D eigenvalue weighted by molar-refractivity contribution is 0.294. The second kappa shape index (κ2) is 6.90. The number of aryl methyl sites for hydroxylation is 3. The highest BCUT2D eigenvalue weighted by Crippen LogP contribution is 2.33. The van der Waals surface area contributed by atoms with Gasteiger partial charge in [0.15, 0.2) is 0 Å². The maximum Gasteiger partial charge on any atom is 0.243 e. The van der Waals surface area contributed by atoms with E-state index in [0.29, 0.717) is 18.0 Å². The van der Waals surface area contributed by atoms with E-state index < -0.39 is 10.0 Å². The van der Waals surface area contributed by atoms with Gasteiger partial charge in [-0.1, -0.05) is 35.9 Å². The minimum Gasteiger partial charge on any atom is -0.372 e. The van der Waals surface area contributed by atoms with E-state index in [9.17, 15) is 8.42 Å². The first kappa shape index (κ1) is 18.1. The van der Waals surface area contributed by atoms with Gasteiger partial charge >= 0.3 is 0 Å². The maximum atomic E-state index is 13.3. The van der Waals surface area contributed by atoms with E-state index in [0.717, 1.165) is 16.7 Å². The van der Waals surface area contributed by atoms with Crippen molar-refractivity contribution in [1.29, 1.82) is 0 Å². The highest BCUT2D eigenvalue weighted by Gasteiger charge is 2.36. The number of benzene rings is 2. The monoisotopic (exact) mass is 359 g/mol. The standard InChI is InChI=1S/C20H25NO3S/c1-14-10-15(2)20(16(3)11-14)17(4)21(12-18-13-24-18)25(22,23)19-8-6-5-7-9-19/h5-11,17-18H,12-13H2,1-4H3. The van der Waals surface area contributed by atoms with Crippen molar-refractivity contribution >= 4 is 10.0 Å². The number of nitrogens with zero attached hydrogens (tertiary/aromatic N) is 1. The van der Waals surface area contributed by atoms with E-state index in [2.05, 4.69) is 19.1 Å². The molecule has 2 atom stereocenters. The number of ether oxygens (including phenoxy) is 1. The molecule has 2 unspecified atom stereocenters. The topological polar surface area (TPSA) is 49.9 Å². The summed E-state index contributed by atoms with van der Waals surface area (Å²) in [5.74, 6) is 0. The lowest BCUT2D eigenvalue weighted by Gasteiger charge is -2.30. The van der Waals surface area contributed by atoms with Crippen molar-refractivity contribution in [3.05, 3.63) is 64.7 Å². The van der Waals surface area contributed by atoms with E-state index in [-0.39, 0.29) is 12.1 Å². The third kappa shape index (κ3) is 3.78. The largest absolute Gasteiger partial charge is 0.372 e. The Balaban J connectivity index is 2.04. The quantitative estimate of drug-likeness (QED) is 0.738. The summed E-state index contributed by atoms with van der Waals surface area (Å²) in [5.41, 5.74) is 4.50. The van der Waals surface area contributed by atoms with Crippen LogP contribution in [0.3, 0.4) is 0 Å². The first-order chi connectivity index (χ1) is 11.8. The normalized spacial score (nSPS) is 18.4. The minimum absolute atomic E-state index is 0.00741. The molecule has 0 aliphatic carbocycles. The average Bonchev–Trinajstić information content (AvgIpc) is 3.36. The molecule has 0 spiro atoms. The van der Waals surface area contributed by atoms with Crippen LogP contribution in [0.1, 0.15) is 35.2 Å². The molecule has 4 nitrogen and oxygen atoms in total. The van der Waals surface area contributed by atoms with Crippen molar-refractivity contribution in [1.82, 2.24) is 4.31 Å². The molecule has 1 aliphatic heterocycles. The molecule has 0 aromatic heterocycles. The Bertz CT molecular complexity index is 835. The number of hydrogen-bond acceptors (Lipinski definition) is 3. The smallest absolute Gasteiger partial charge is 0.243 e. The van der Waals surface area contributed by atoms with Crippen LogP contribution < -0.4 is 0 Å². The van der Waals surface area contributed by atoms with Crippen molar-refractivity contribution in [2.24, 2.45) is 0 Å². The molecule has 1 aliphatic rings. The van der Waals surface area contributed by atoms with Gasteiger partial charge in [-0.2, -0.15) is 4.31 Å². The lowest BCUT2D eigenvalue weighted by Crippen LogP contribution is -2.37. The lowest BCUT2D eigenvalue weighted by atomic mass is 9.95. The second-order valence-electron chi connectivity index (χ2n) is 6.83. The van der Waals surface area contributed by atoms with Gasteiger partial charge in [-0.05, 0) is 56.5 Å². The van der Waals surface area contributed by atoms with Gasteiger partial charge in [0.25, 0.3) is 0 Å². The second-order valence-corrected chi connectivity index (χ2v) is 8.72. The predicted molar refractivity (Wildman–Crippen MR) is 99.1 cm³/mol. The molecule has 3 rings (SSSR count). The zero-order valence-electron chi connectivity index (χ0n) is 15.2. The molecular weight excluding hydrogens is 334 g/mol. The fourth-order valence-electron chi connectivity index (χ4n) is 3.56. The Labute approximate surface area is 150 Å². The zero-order chi connectivity index (χ0) is 18.2. The van der Waals surface area contributed by atoms with Gasteiger partial charge in [0.1, 0.15) is 0 Å². The summed E-state index contributed by atoms with van der Waals surface area (Å²) in [6.45, 7) is 9.13. The molecule has 2 aromatic rings. The fraction of sp³-hybridized carbons (Fsp3) is 0.400. The van der Waals surface area contributed by atoms with Gasteiger partial charge < -0.3 is 4.74 Å². The SMILES string of the molecule is Cc1cc(C)c(C(C)N(CC2CO2)S(=O)(=O)c2ccccc2)c(C)c1. The van der Waals surface area contributed by atoms with Crippen LogP contribution >= 0.6 is 0 Å². The average molecular weight is 359 g/mol. The summed E-state index contributed by atoms with van der Waals surface area (Å²) >= 11 is 0. The molecule has 1 heterocycles. The predicted octanol–water partition coefficient (Wildman–Crippen LogP) is 3.76. The number of epoxide rings is 1. The van der Waals surface area contributed by atoms with E-state index >= 15 is 0 Å². The van der Waals surface area contributed by atoms with Gasteiger partial charge in [0.05, 0.1) is 17.6 Å². The Morgan fingerprint density at radius 2 is 1.68 bits per heavy atom. The Morgan fingerprint density at radius 3 is 2.20 bits per heavy atom. The summed E-state index contributed by atoms with van der Waals surface area (Å²) in [6, 6.07) is 12.6. The van der Waals surface area contributed by atoms with Crippen LogP contribution in [0.15, 0.2) is 47.4 Å². The van der Waals surface area contributed by atoms with Gasteiger partial charge in [-0.25, -0.2) is 8.42 Å². The molecule has 0 bridgehead atoms. The molecule has 2 aromatic carbocycles. The van der Waals surface area contributed by atoms with Gasteiger partial charge in [-0.15, -0.1) is 0 Å². The molecule has 1 fully saturated rings. The van der Waals surface area contributed by atoms with Crippen molar-refractivity contribution in [3.8, 4) is 0 Å². The molecule has 1 saturated heterocycles. The van der Waals surface area contributed by atoms with Gasteiger partial charge in [0.2, 0.25) is 10.0 Å². The van der Waals surface area contributed by atoms with Crippen molar-refractivity contribution in [2.75, 3.05) is 13.2 Å². The van der Waals surface area contributed by atoms with Crippen LogP contribution in [0.25, 0.3) is 0 Å². The van der Waals surface area contributed by atoms with Gasteiger partial charge in [-0.3, -0.25) is 0 Å². The first-order valence-electron chi connectivity index (χ1n) is 8.57. The van der Waals surface area contributed by atoms with Crippen LogP contribution in [0.5, 0.6) is 0 Å². The molecule has 0 N–H and O–H groups in total.